The van der Waals surface area contributed by atoms with Crippen LogP contribution in [0, 0.1) is 0 Å². The SMILES string of the molecule is CCC[Si](C)(O[Si])O[Si](C)(C)O[Si]. The molecule has 0 bridgehead atoms. The minimum Gasteiger partial charge on any atom is -0.437 e. The summed E-state index contributed by atoms with van der Waals surface area (Å²) in [7, 11) is 2.02. The summed E-state index contributed by atoms with van der Waals surface area (Å²) in [5, 5.41) is 0. The first-order chi connectivity index (χ1) is 5.89. The van der Waals surface area contributed by atoms with E-state index in [2.05, 4.69) is 27.9 Å². The van der Waals surface area contributed by atoms with Crippen molar-refractivity contribution in [3.8, 4) is 0 Å². The number of hydrogen-bond donors (Lipinski definition) is 0. The van der Waals surface area contributed by atoms with Gasteiger partial charge in [-0.1, -0.05) is 13.3 Å². The van der Waals surface area contributed by atoms with Gasteiger partial charge < -0.3 is 12.3 Å². The van der Waals surface area contributed by atoms with Crippen molar-refractivity contribution in [1.82, 2.24) is 0 Å². The highest BCUT2D eigenvalue weighted by Gasteiger charge is 2.37. The lowest BCUT2D eigenvalue weighted by atomic mass is 10.6. The van der Waals surface area contributed by atoms with Gasteiger partial charge in [-0.3, -0.25) is 0 Å². The van der Waals surface area contributed by atoms with E-state index >= 15 is 0 Å². The van der Waals surface area contributed by atoms with Gasteiger partial charge in [-0.2, -0.15) is 0 Å². The molecule has 0 aromatic heterocycles. The van der Waals surface area contributed by atoms with E-state index in [0.29, 0.717) is 0 Å². The molecule has 0 aromatic rings. The predicted molar refractivity (Wildman–Crippen MR) is 59.0 cm³/mol. The Hall–Kier alpha value is 0.748. The normalized spacial score (nSPS) is 17.1. The zero-order valence-corrected chi connectivity index (χ0v) is 12.6. The van der Waals surface area contributed by atoms with Gasteiger partial charge in [0.05, 0.1) is 0 Å². The van der Waals surface area contributed by atoms with Crippen molar-refractivity contribution in [1.29, 1.82) is 0 Å². The zero-order valence-electron chi connectivity index (χ0n) is 8.64. The fourth-order valence-electron chi connectivity index (χ4n) is 1.12. The van der Waals surface area contributed by atoms with E-state index in [-0.39, 0.29) is 0 Å². The van der Waals surface area contributed by atoms with Crippen molar-refractivity contribution >= 4 is 38.1 Å². The Kier molecular flexibility index (Phi) is 5.91. The van der Waals surface area contributed by atoms with Crippen LogP contribution >= 0.6 is 0 Å². The quantitative estimate of drug-likeness (QED) is 0.665. The summed E-state index contributed by atoms with van der Waals surface area (Å²) >= 11 is 0. The third kappa shape index (κ3) is 5.25. The van der Waals surface area contributed by atoms with Crippen molar-refractivity contribution in [2.24, 2.45) is 0 Å². The van der Waals surface area contributed by atoms with Gasteiger partial charge >= 0.3 is 17.1 Å². The molecule has 0 heterocycles. The molecule has 0 aliphatic rings. The maximum absolute atomic E-state index is 5.90. The molecule has 0 saturated heterocycles. The first-order valence-electron chi connectivity index (χ1n) is 4.29. The van der Waals surface area contributed by atoms with Crippen LogP contribution in [0.2, 0.25) is 25.7 Å². The van der Waals surface area contributed by atoms with Gasteiger partial charge in [-0.05, 0) is 25.7 Å². The van der Waals surface area contributed by atoms with Gasteiger partial charge in [0.2, 0.25) is 21.0 Å². The van der Waals surface area contributed by atoms with E-state index < -0.39 is 17.1 Å². The standard InChI is InChI=1S/C6H16O3Si4/c1-5-6-13(4,8-11)9-12(2,3)7-10/h5-6H2,1-4H3. The number of rotatable bonds is 6. The Morgan fingerprint density at radius 2 is 1.62 bits per heavy atom. The zero-order chi connectivity index (χ0) is 10.5. The maximum atomic E-state index is 5.90. The van der Waals surface area contributed by atoms with Crippen molar-refractivity contribution in [3.63, 3.8) is 0 Å². The van der Waals surface area contributed by atoms with E-state index in [1.807, 2.05) is 19.6 Å². The van der Waals surface area contributed by atoms with Crippen LogP contribution in [0.1, 0.15) is 13.3 Å². The minimum absolute atomic E-state index is 0.961. The van der Waals surface area contributed by atoms with Crippen LogP contribution in [-0.4, -0.2) is 38.1 Å². The van der Waals surface area contributed by atoms with E-state index in [9.17, 15) is 0 Å². The van der Waals surface area contributed by atoms with E-state index in [4.69, 9.17) is 12.3 Å². The van der Waals surface area contributed by atoms with Crippen LogP contribution in [-0.2, 0) is 12.3 Å². The van der Waals surface area contributed by atoms with Crippen molar-refractivity contribution < 1.29 is 12.3 Å². The Bertz CT molecular complexity index is 155. The fraction of sp³-hybridized carbons (Fsp3) is 1.00. The first-order valence-corrected chi connectivity index (χ1v) is 10.4. The molecule has 0 aromatic carbocycles. The lowest BCUT2D eigenvalue weighted by molar-refractivity contribution is 0.345. The van der Waals surface area contributed by atoms with Crippen LogP contribution < -0.4 is 0 Å². The van der Waals surface area contributed by atoms with Crippen LogP contribution in [0.25, 0.3) is 0 Å². The molecule has 6 radical (unpaired) electrons. The van der Waals surface area contributed by atoms with Crippen molar-refractivity contribution in [3.05, 3.63) is 0 Å². The highest BCUT2D eigenvalue weighted by atomic mass is 28.5. The Balaban J connectivity index is 4.25. The Labute approximate surface area is 89.7 Å². The molecule has 0 saturated carbocycles. The molecule has 0 fully saturated rings. The van der Waals surface area contributed by atoms with E-state index in [0.717, 1.165) is 12.5 Å². The number of hydrogen-bond acceptors (Lipinski definition) is 3. The average molecular weight is 249 g/mol. The largest absolute Gasteiger partial charge is 0.437 e. The second-order valence-electron chi connectivity index (χ2n) is 3.59. The van der Waals surface area contributed by atoms with Gasteiger partial charge in [0.25, 0.3) is 0 Å². The highest BCUT2D eigenvalue weighted by Crippen LogP contribution is 2.20. The minimum atomic E-state index is -2.06. The van der Waals surface area contributed by atoms with Crippen molar-refractivity contribution in [2.75, 3.05) is 0 Å². The average Bonchev–Trinajstić information content (AvgIpc) is 2.04. The molecule has 0 rings (SSSR count). The molecule has 0 aliphatic heterocycles. The molecule has 0 spiro atoms. The van der Waals surface area contributed by atoms with Crippen LogP contribution in [0.15, 0.2) is 0 Å². The Morgan fingerprint density at radius 1 is 1.08 bits per heavy atom. The topological polar surface area (TPSA) is 27.7 Å². The van der Waals surface area contributed by atoms with Gasteiger partial charge in [-0.25, -0.2) is 0 Å². The molecular weight excluding hydrogens is 232 g/mol. The lowest BCUT2D eigenvalue weighted by Crippen LogP contribution is -2.49. The van der Waals surface area contributed by atoms with Gasteiger partial charge in [-0.15, -0.1) is 0 Å². The van der Waals surface area contributed by atoms with Crippen molar-refractivity contribution in [2.45, 2.75) is 39.0 Å². The molecule has 0 aliphatic carbocycles. The maximum Gasteiger partial charge on any atom is 0.315 e. The second-order valence-corrected chi connectivity index (χ2v) is 11.6. The van der Waals surface area contributed by atoms with Gasteiger partial charge in [0.15, 0.2) is 0 Å². The lowest BCUT2D eigenvalue weighted by Gasteiger charge is -2.33. The molecule has 74 valence electrons. The monoisotopic (exact) mass is 248 g/mol. The highest BCUT2D eigenvalue weighted by molar-refractivity contribution is 6.81. The summed E-state index contributed by atoms with van der Waals surface area (Å²) in [5.41, 5.74) is 0. The fourth-order valence-corrected chi connectivity index (χ4v) is 8.09. The summed E-state index contributed by atoms with van der Waals surface area (Å²) < 4.78 is 16.3. The molecule has 0 amide bonds. The molecule has 3 nitrogen and oxygen atoms in total. The molecule has 13 heavy (non-hydrogen) atoms. The summed E-state index contributed by atoms with van der Waals surface area (Å²) in [5.74, 6) is 0. The first kappa shape index (κ1) is 13.7. The van der Waals surface area contributed by atoms with E-state index in [1.54, 1.807) is 0 Å². The third-order valence-corrected chi connectivity index (χ3v) is 10.4. The van der Waals surface area contributed by atoms with Crippen LogP contribution in [0.4, 0.5) is 0 Å². The van der Waals surface area contributed by atoms with Crippen LogP contribution in [0.3, 0.4) is 0 Å². The van der Waals surface area contributed by atoms with E-state index in [1.165, 1.54) is 0 Å². The van der Waals surface area contributed by atoms with Crippen LogP contribution in [0.5, 0.6) is 0 Å². The molecular formula is C6H16O3Si4. The molecule has 0 N–H and O–H groups in total. The smallest absolute Gasteiger partial charge is 0.315 e. The molecule has 1 atom stereocenters. The second kappa shape index (κ2) is 5.59. The van der Waals surface area contributed by atoms with Gasteiger partial charge in [0.1, 0.15) is 0 Å². The molecule has 7 heteroatoms. The summed E-state index contributed by atoms with van der Waals surface area (Å²) in [6.45, 7) is 8.10. The summed E-state index contributed by atoms with van der Waals surface area (Å²) in [6.07, 6.45) is 1.05. The summed E-state index contributed by atoms with van der Waals surface area (Å²) in [4.78, 5) is 0. The third-order valence-electron chi connectivity index (χ3n) is 1.63. The molecule has 1 unspecified atom stereocenters. The van der Waals surface area contributed by atoms with Gasteiger partial charge in [0, 0.05) is 0 Å². The summed E-state index contributed by atoms with van der Waals surface area (Å²) in [6, 6.07) is 0.961. The predicted octanol–water partition coefficient (Wildman–Crippen LogP) is 1.39. The Morgan fingerprint density at radius 3 is 1.92 bits per heavy atom.